The molecule has 0 aliphatic carbocycles. The quantitative estimate of drug-likeness (QED) is 0.797. The molecular formula is C17H12F2N2O2. The number of rotatable bonds is 4. The number of oxazole rings is 1. The molecule has 4 nitrogen and oxygen atoms in total. The highest BCUT2D eigenvalue weighted by Crippen LogP contribution is 2.20. The maximum Gasteiger partial charge on any atom is 0.230 e. The summed E-state index contributed by atoms with van der Waals surface area (Å²) in [6, 6.07) is 12.6. The first kappa shape index (κ1) is 14.9. The lowest BCUT2D eigenvalue weighted by molar-refractivity contribution is -0.115. The topological polar surface area (TPSA) is 55.1 Å². The van der Waals surface area contributed by atoms with Gasteiger partial charge in [0.15, 0.2) is 0 Å². The van der Waals surface area contributed by atoms with Crippen molar-refractivity contribution in [3.63, 3.8) is 0 Å². The van der Waals surface area contributed by atoms with Gasteiger partial charge in [-0.1, -0.05) is 24.3 Å². The lowest BCUT2D eigenvalue weighted by Gasteiger charge is -2.06. The Hall–Kier alpha value is -3.02. The second-order valence-corrected chi connectivity index (χ2v) is 4.83. The Morgan fingerprint density at radius 1 is 1.04 bits per heavy atom. The van der Waals surface area contributed by atoms with Crippen molar-refractivity contribution in [3.05, 3.63) is 72.1 Å². The molecule has 0 radical (unpaired) electrons. The van der Waals surface area contributed by atoms with Gasteiger partial charge in [-0.2, -0.15) is 0 Å². The van der Waals surface area contributed by atoms with E-state index in [0.29, 0.717) is 11.6 Å². The van der Waals surface area contributed by atoms with Gasteiger partial charge in [-0.3, -0.25) is 4.79 Å². The van der Waals surface area contributed by atoms with E-state index >= 15 is 0 Å². The van der Waals surface area contributed by atoms with E-state index in [2.05, 4.69) is 10.3 Å². The van der Waals surface area contributed by atoms with E-state index in [9.17, 15) is 13.6 Å². The lowest BCUT2D eigenvalue weighted by atomic mass is 10.2. The average Bonchev–Trinajstić information content (AvgIpc) is 3.00. The minimum absolute atomic E-state index is 0.149. The molecule has 1 aromatic heterocycles. The molecule has 3 aromatic rings. The number of nitrogens with zero attached hydrogens (tertiary/aromatic N) is 1. The third-order valence-electron chi connectivity index (χ3n) is 3.14. The van der Waals surface area contributed by atoms with Crippen molar-refractivity contribution in [2.45, 2.75) is 6.42 Å². The van der Waals surface area contributed by atoms with Crippen LogP contribution in [0.25, 0.3) is 11.5 Å². The fraction of sp³-hybridized carbons (Fsp3) is 0.0588. The van der Waals surface area contributed by atoms with Crippen molar-refractivity contribution in [3.8, 4) is 11.5 Å². The van der Waals surface area contributed by atoms with Gasteiger partial charge in [0.1, 0.15) is 23.6 Å². The van der Waals surface area contributed by atoms with Gasteiger partial charge in [-0.05, 0) is 24.3 Å². The highest BCUT2D eigenvalue weighted by molar-refractivity contribution is 5.92. The zero-order chi connectivity index (χ0) is 16.2. The highest BCUT2D eigenvalue weighted by atomic mass is 19.1. The van der Waals surface area contributed by atoms with Gasteiger partial charge in [-0.15, -0.1) is 0 Å². The Balaban J connectivity index is 1.70. The number of nitrogens with one attached hydrogen (secondary N) is 1. The van der Waals surface area contributed by atoms with Crippen molar-refractivity contribution in [2.75, 3.05) is 5.32 Å². The van der Waals surface area contributed by atoms with Crippen LogP contribution < -0.4 is 5.32 Å². The monoisotopic (exact) mass is 314 g/mol. The van der Waals surface area contributed by atoms with Crippen LogP contribution >= 0.6 is 0 Å². The molecule has 0 aliphatic heterocycles. The summed E-state index contributed by atoms with van der Waals surface area (Å²) < 4.78 is 32.3. The zero-order valence-electron chi connectivity index (χ0n) is 11.9. The summed E-state index contributed by atoms with van der Waals surface area (Å²) >= 11 is 0. The van der Waals surface area contributed by atoms with Crippen LogP contribution in [-0.2, 0) is 11.2 Å². The summed E-state index contributed by atoms with van der Waals surface area (Å²) in [6.45, 7) is 0. The summed E-state index contributed by atoms with van der Waals surface area (Å²) in [4.78, 5) is 16.1. The van der Waals surface area contributed by atoms with Crippen molar-refractivity contribution in [1.82, 2.24) is 4.98 Å². The predicted octanol–water partition coefficient (Wildman–Crippen LogP) is 3.80. The molecule has 6 heteroatoms. The van der Waals surface area contributed by atoms with Gasteiger partial charge in [0, 0.05) is 5.56 Å². The normalized spacial score (nSPS) is 10.5. The van der Waals surface area contributed by atoms with Gasteiger partial charge in [0.05, 0.1) is 12.1 Å². The summed E-state index contributed by atoms with van der Waals surface area (Å²) in [5.41, 5.74) is 0.682. The number of benzene rings is 2. The van der Waals surface area contributed by atoms with Crippen LogP contribution in [0.5, 0.6) is 0 Å². The number of hydrogen-bond acceptors (Lipinski definition) is 3. The predicted molar refractivity (Wildman–Crippen MR) is 80.6 cm³/mol. The number of halogens is 2. The molecule has 0 spiro atoms. The van der Waals surface area contributed by atoms with E-state index in [1.165, 1.54) is 12.3 Å². The van der Waals surface area contributed by atoms with Crippen LogP contribution in [0.4, 0.5) is 14.5 Å². The van der Waals surface area contributed by atoms with Crippen LogP contribution in [0.3, 0.4) is 0 Å². The fourth-order valence-corrected chi connectivity index (χ4v) is 2.07. The maximum absolute atomic E-state index is 13.5. The summed E-state index contributed by atoms with van der Waals surface area (Å²) in [7, 11) is 0. The molecular weight excluding hydrogens is 302 g/mol. The Kier molecular flexibility index (Phi) is 4.14. The molecule has 0 unspecified atom stereocenters. The van der Waals surface area contributed by atoms with E-state index < -0.39 is 23.2 Å². The average molecular weight is 314 g/mol. The van der Waals surface area contributed by atoms with E-state index in [1.807, 2.05) is 30.3 Å². The number of aromatic nitrogens is 1. The smallest absolute Gasteiger partial charge is 0.230 e. The minimum atomic E-state index is -0.830. The summed E-state index contributed by atoms with van der Waals surface area (Å²) in [5, 5.41) is 2.21. The van der Waals surface area contributed by atoms with Gasteiger partial charge < -0.3 is 9.73 Å². The number of amides is 1. The molecule has 0 bridgehead atoms. The van der Waals surface area contributed by atoms with Gasteiger partial charge in [-0.25, -0.2) is 13.8 Å². The Labute approximate surface area is 130 Å². The molecule has 1 N–H and O–H groups in total. The Morgan fingerprint density at radius 2 is 1.74 bits per heavy atom. The lowest BCUT2D eigenvalue weighted by Crippen LogP contribution is -2.16. The molecule has 0 saturated carbocycles. The van der Waals surface area contributed by atoms with Crippen LogP contribution in [-0.4, -0.2) is 10.9 Å². The van der Waals surface area contributed by atoms with Crippen molar-refractivity contribution >= 4 is 11.6 Å². The maximum atomic E-state index is 13.5. The third kappa shape index (κ3) is 3.42. The molecule has 1 heterocycles. The number of para-hydroxylation sites is 1. The number of hydrogen-bond donors (Lipinski definition) is 1. The molecule has 0 aliphatic rings. The standard InChI is InChI=1S/C17H12F2N2O2/c18-13-7-4-8-14(19)16(13)21-15(22)9-12-10-23-17(20-12)11-5-2-1-3-6-11/h1-8,10H,9H2,(H,21,22). The van der Waals surface area contributed by atoms with E-state index in [-0.39, 0.29) is 6.42 Å². The molecule has 0 fully saturated rings. The SMILES string of the molecule is O=C(Cc1coc(-c2ccccc2)n1)Nc1c(F)cccc1F. The first-order valence-electron chi connectivity index (χ1n) is 6.87. The molecule has 3 rings (SSSR count). The summed E-state index contributed by atoms with van der Waals surface area (Å²) in [5.74, 6) is -1.86. The largest absolute Gasteiger partial charge is 0.444 e. The number of carbonyl (C=O) groups is 1. The van der Waals surface area contributed by atoms with Crippen LogP contribution in [0, 0.1) is 11.6 Å². The van der Waals surface area contributed by atoms with Gasteiger partial charge >= 0.3 is 0 Å². The molecule has 23 heavy (non-hydrogen) atoms. The summed E-state index contributed by atoms with van der Waals surface area (Å²) in [6.07, 6.45) is 1.20. The van der Waals surface area contributed by atoms with Crippen LogP contribution in [0.2, 0.25) is 0 Å². The fourth-order valence-electron chi connectivity index (χ4n) is 2.07. The zero-order valence-corrected chi connectivity index (χ0v) is 11.9. The molecule has 0 saturated heterocycles. The van der Waals surface area contributed by atoms with Crippen LogP contribution in [0.1, 0.15) is 5.69 Å². The van der Waals surface area contributed by atoms with Crippen LogP contribution in [0.15, 0.2) is 59.2 Å². The highest BCUT2D eigenvalue weighted by Gasteiger charge is 2.14. The molecule has 1 amide bonds. The van der Waals surface area contributed by atoms with E-state index in [0.717, 1.165) is 17.7 Å². The molecule has 2 aromatic carbocycles. The van der Waals surface area contributed by atoms with Crippen molar-refractivity contribution in [1.29, 1.82) is 0 Å². The van der Waals surface area contributed by atoms with Gasteiger partial charge in [0.2, 0.25) is 11.8 Å². The Morgan fingerprint density at radius 3 is 2.43 bits per heavy atom. The minimum Gasteiger partial charge on any atom is -0.444 e. The first-order valence-corrected chi connectivity index (χ1v) is 6.87. The molecule has 116 valence electrons. The van der Waals surface area contributed by atoms with E-state index in [1.54, 1.807) is 0 Å². The second-order valence-electron chi connectivity index (χ2n) is 4.83. The van der Waals surface area contributed by atoms with Crippen molar-refractivity contribution in [2.24, 2.45) is 0 Å². The van der Waals surface area contributed by atoms with E-state index in [4.69, 9.17) is 4.42 Å². The first-order chi connectivity index (χ1) is 11.1. The third-order valence-corrected chi connectivity index (χ3v) is 3.14. The molecule has 0 atom stereocenters. The Bertz CT molecular complexity index is 811. The number of carbonyl (C=O) groups excluding carboxylic acids is 1. The number of anilines is 1. The van der Waals surface area contributed by atoms with Crippen molar-refractivity contribution < 1.29 is 18.0 Å². The second kappa shape index (κ2) is 6.39. The van der Waals surface area contributed by atoms with Gasteiger partial charge in [0.25, 0.3) is 0 Å².